The molecule has 3 heterocycles. The predicted molar refractivity (Wildman–Crippen MR) is 177 cm³/mol. The van der Waals surface area contributed by atoms with E-state index in [2.05, 4.69) is 47.2 Å². The van der Waals surface area contributed by atoms with E-state index in [0.29, 0.717) is 20.9 Å². The second-order valence-electron chi connectivity index (χ2n) is 11.0. The minimum Gasteiger partial charge on any atom is -0.342 e. The standard InChI is InChI=1S/C36H25Cl2N3OS/c37-26-16-13-23(14-17-26)34-29-18-15-22-7-1-3-10-28(22)33(29)39-36-41(34)35(42)32(43-36)19-25-21-40(31-12-6-4-9-27(25)31)20-24-8-2-5-11-30(24)38/h1-14,16-17,19,21,34H,15,18,20H2/b32-19+/t34-/m0/s1. The second-order valence-corrected chi connectivity index (χ2v) is 12.8. The molecule has 0 saturated heterocycles. The molecule has 8 rings (SSSR count). The SMILES string of the molecule is O=c1/c(=C\c2cn(Cc3ccccc3Cl)c3ccccc23)sc2n1[C@@H](c1ccc(Cl)cc1)C1=C(N=2)c2ccccc2CC1. The first-order valence-corrected chi connectivity index (χ1v) is 15.8. The molecule has 0 saturated carbocycles. The highest BCUT2D eigenvalue weighted by Gasteiger charge is 2.32. The van der Waals surface area contributed by atoms with Crippen molar-refractivity contribution >= 4 is 57.2 Å². The minimum absolute atomic E-state index is 0.0305. The van der Waals surface area contributed by atoms with Crippen molar-refractivity contribution in [2.75, 3.05) is 0 Å². The maximum Gasteiger partial charge on any atom is 0.271 e. The van der Waals surface area contributed by atoms with Gasteiger partial charge in [-0.05, 0) is 65.4 Å². The van der Waals surface area contributed by atoms with Gasteiger partial charge in [0.05, 0.1) is 16.3 Å². The molecule has 1 atom stereocenters. The summed E-state index contributed by atoms with van der Waals surface area (Å²) < 4.78 is 4.74. The van der Waals surface area contributed by atoms with Crippen LogP contribution in [0.3, 0.4) is 0 Å². The summed E-state index contributed by atoms with van der Waals surface area (Å²) in [6, 6.07) is 32.3. The van der Waals surface area contributed by atoms with Crippen LogP contribution < -0.4 is 14.9 Å². The lowest BCUT2D eigenvalue weighted by atomic mass is 9.83. The van der Waals surface area contributed by atoms with Gasteiger partial charge in [-0.3, -0.25) is 9.36 Å². The molecule has 0 fully saturated rings. The van der Waals surface area contributed by atoms with Gasteiger partial charge in [0.2, 0.25) is 0 Å². The highest BCUT2D eigenvalue weighted by Crippen LogP contribution is 2.41. The number of aryl methyl sites for hydroxylation is 1. The lowest BCUT2D eigenvalue weighted by Gasteiger charge is -2.30. The largest absolute Gasteiger partial charge is 0.342 e. The van der Waals surface area contributed by atoms with Crippen LogP contribution >= 0.6 is 34.5 Å². The number of fused-ring (bicyclic) bond motifs is 4. The molecule has 2 aromatic heterocycles. The molecule has 7 heteroatoms. The molecule has 4 nitrogen and oxygen atoms in total. The molecule has 2 aliphatic rings. The van der Waals surface area contributed by atoms with Gasteiger partial charge in [-0.15, -0.1) is 0 Å². The number of nitrogens with zero attached hydrogens (tertiary/aromatic N) is 3. The predicted octanol–water partition coefficient (Wildman–Crippen LogP) is 7.63. The fourth-order valence-electron chi connectivity index (χ4n) is 6.44. The summed E-state index contributed by atoms with van der Waals surface area (Å²) in [6.07, 6.45) is 5.90. The van der Waals surface area contributed by atoms with E-state index in [1.807, 2.05) is 71.3 Å². The van der Waals surface area contributed by atoms with Crippen LogP contribution in [-0.2, 0) is 13.0 Å². The summed E-state index contributed by atoms with van der Waals surface area (Å²) in [6.45, 7) is 0.637. The number of aromatic nitrogens is 2. The van der Waals surface area contributed by atoms with Gasteiger partial charge in [-0.25, -0.2) is 4.99 Å². The van der Waals surface area contributed by atoms with Gasteiger partial charge in [0, 0.05) is 44.8 Å². The van der Waals surface area contributed by atoms with Crippen molar-refractivity contribution in [2.24, 2.45) is 4.99 Å². The molecule has 210 valence electrons. The Balaban J connectivity index is 1.32. The summed E-state index contributed by atoms with van der Waals surface area (Å²) in [5, 5.41) is 2.50. The average Bonchev–Trinajstić information content (AvgIpc) is 3.54. The third-order valence-electron chi connectivity index (χ3n) is 8.46. The number of hydrogen-bond donors (Lipinski definition) is 0. The van der Waals surface area contributed by atoms with E-state index in [1.54, 1.807) is 0 Å². The molecule has 1 aliphatic heterocycles. The molecule has 0 amide bonds. The molecule has 0 radical (unpaired) electrons. The van der Waals surface area contributed by atoms with Crippen LogP contribution in [0.1, 0.15) is 40.3 Å². The Morgan fingerprint density at radius 1 is 0.884 bits per heavy atom. The number of hydrogen-bond acceptors (Lipinski definition) is 3. The molecule has 43 heavy (non-hydrogen) atoms. The minimum atomic E-state index is -0.236. The fraction of sp³-hybridized carbons (Fsp3) is 0.111. The Labute approximate surface area is 262 Å². The van der Waals surface area contributed by atoms with Gasteiger partial charge in [0.25, 0.3) is 5.56 Å². The highest BCUT2D eigenvalue weighted by molar-refractivity contribution is 7.07. The molecular weight excluding hydrogens is 593 g/mol. The third kappa shape index (κ3) is 4.51. The van der Waals surface area contributed by atoms with Crippen LogP contribution in [0.15, 0.2) is 119 Å². The van der Waals surface area contributed by atoms with E-state index < -0.39 is 0 Å². The number of para-hydroxylation sites is 1. The van der Waals surface area contributed by atoms with Crippen LogP contribution in [-0.4, -0.2) is 9.13 Å². The topological polar surface area (TPSA) is 39.3 Å². The zero-order valence-corrected chi connectivity index (χ0v) is 25.3. The zero-order chi connectivity index (χ0) is 29.1. The van der Waals surface area contributed by atoms with Crippen LogP contribution in [0.2, 0.25) is 10.0 Å². The first-order chi connectivity index (χ1) is 21.0. The molecule has 0 unspecified atom stereocenters. The van der Waals surface area contributed by atoms with Crippen molar-refractivity contribution in [3.05, 3.63) is 166 Å². The maximum absolute atomic E-state index is 14.3. The van der Waals surface area contributed by atoms with E-state index in [1.165, 1.54) is 22.5 Å². The van der Waals surface area contributed by atoms with Gasteiger partial charge < -0.3 is 4.57 Å². The van der Waals surface area contributed by atoms with Gasteiger partial charge in [-0.2, -0.15) is 0 Å². The summed E-state index contributed by atoms with van der Waals surface area (Å²) >= 11 is 14.2. The maximum atomic E-state index is 14.3. The van der Waals surface area contributed by atoms with Crippen molar-refractivity contribution in [3.63, 3.8) is 0 Å². The summed E-state index contributed by atoms with van der Waals surface area (Å²) in [4.78, 5) is 20.1. The van der Waals surface area contributed by atoms with Gasteiger partial charge in [-0.1, -0.05) is 107 Å². The molecule has 4 aromatic carbocycles. The number of rotatable bonds is 4. The quantitative estimate of drug-likeness (QED) is 0.200. The monoisotopic (exact) mass is 617 g/mol. The lowest BCUT2D eigenvalue weighted by molar-refractivity contribution is 0.585. The third-order valence-corrected chi connectivity index (χ3v) is 10.1. The number of thiazole rings is 1. The van der Waals surface area contributed by atoms with Crippen LogP contribution in [0.5, 0.6) is 0 Å². The number of halogens is 2. The van der Waals surface area contributed by atoms with Crippen LogP contribution in [0.25, 0.3) is 22.7 Å². The molecule has 1 aliphatic carbocycles. The molecule has 6 aromatic rings. The smallest absolute Gasteiger partial charge is 0.271 e. The first kappa shape index (κ1) is 26.5. The van der Waals surface area contributed by atoms with E-state index in [9.17, 15) is 4.79 Å². The van der Waals surface area contributed by atoms with Gasteiger partial charge in [0.15, 0.2) is 4.80 Å². The van der Waals surface area contributed by atoms with Crippen molar-refractivity contribution in [2.45, 2.75) is 25.4 Å². The van der Waals surface area contributed by atoms with Crippen molar-refractivity contribution in [3.8, 4) is 0 Å². The Hall–Kier alpha value is -4.16. The van der Waals surface area contributed by atoms with Crippen molar-refractivity contribution in [1.29, 1.82) is 0 Å². The van der Waals surface area contributed by atoms with Gasteiger partial charge >= 0.3 is 0 Å². The molecule has 0 N–H and O–H groups in total. The number of benzene rings is 4. The van der Waals surface area contributed by atoms with Crippen molar-refractivity contribution < 1.29 is 0 Å². The number of allylic oxidation sites excluding steroid dienone is 1. The van der Waals surface area contributed by atoms with Crippen LogP contribution in [0.4, 0.5) is 0 Å². The van der Waals surface area contributed by atoms with E-state index in [-0.39, 0.29) is 11.6 Å². The Morgan fingerprint density at radius 3 is 2.51 bits per heavy atom. The van der Waals surface area contributed by atoms with E-state index in [0.717, 1.165) is 56.7 Å². The average molecular weight is 619 g/mol. The van der Waals surface area contributed by atoms with Crippen LogP contribution in [0, 0.1) is 0 Å². The zero-order valence-electron chi connectivity index (χ0n) is 23.0. The summed E-state index contributed by atoms with van der Waals surface area (Å²) in [7, 11) is 0. The van der Waals surface area contributed by atoms with Gasteiger partial charge in [0.1, 0.15) is 0 Å². The normalized spacial score (nSPS) is 16.1. The molecule has 0 bridgehead atoms. The Bertz CT molecular complexity index is 2270. The van der Waals surface area contributed by atoms with E-state index >= 15 is 0 Å². The van der Waals surface area contributed by atoms with Crippen molar-refractivity contribution in [1.82, 2.24) is 9.13 Å². The Morgan fingerprint density at radius 2 is 1.65 bits per heavy atom. The second kappa shape index (κ2) is 10.5. The molecule has 0 spiro atoms. The fourth-order valence-corrected chi connectivity index (χ4v) is 7.75. The summed E-state index contributed by atoms with van der Waals surface area (Å²) in [5.41, 5.74) is 8.75. The summed E-state index contributed by atoms with van der Waals surface area (Å²) in [5.74, 6) is 0. The van der Waals surface area contributed by atoms with E-state index in [4.69, 9.17) is 28.2 Å². The Kier molecular flexibility index (Phi) is 6.48. The molecular formula is C36H25Cl2N3OS. The first-order valence-electron chi connectivity index (χ1n) is 14.2. The highest BCUT2D eigenvalue weighted by atomic mass is 35.5. The lowest BCUT2D eigenvalue weighted by Crippen LogP contribution is -2.38.